The predicted octanol–water partition coefficient (Wildman–Crippen LogP) is 4.27. The van der Waals surface area contributed by atoms with E-state index in [1.54, 1.807) is 19.1 Å². The Bertz CT molecular complexity index is 774. The summed E-state index contributed by atoms with van der Waals surface area (Å²) >= 11 is 0. The molecule has 0 spiro atoms. The fraction of sp³-hybridized carbons (Fsp3) is 0.176. The van der Waals surface area contributed by atoms with Crippen molar-refractivity contribution in [2.24, 2.45) is 0 Å². The van der Waals surface area contributed by atoms with Gasteiger partial charge in [0.2, 0.25) is 0 Å². The lowest BCUT2D eigenvalue weighted by Gasteiger charge is -2.09. The van der Waals surface area contributed by atoms with Crippen molar-refractivity contribution < 1.29 is 13.9 Å². The van der Waals surface area contributed by atoms with Gasteiger partial charge in [0.05, 0.1) is 0 Å². The van der Waals surface area contributed by atoms with Gasteiger partial charge in [0.1, 0.15) is 23.3 Å². The van der Waals surface area contributed by atoms with Crippen LogP contribution in [0.3, 0.4) is 0 Å². The second-order valence-electron chi connectivity index (χ2n) is 5.10. The maximum absolute atomic E-state index is 13.3. The summed E-state index contributed by atoms with van der Waals surface area (Å²) in [5.74, 6) is 0.192. The van der Waals surface area contributed by atoms with Gasteiger partial charge in [-0.05, 0) is 49.2 Å². The van der Waals surface area contributed by atoms with E-state index >= 15 is 0 Å². The zero-order valence-electron chi connectivity index (χ0n) is 11.4. The molecule has 3 rings (SSSR count). The minimum Gasteiger partial charge on any atom is -0.458 e. The highest BCUT2D eigenvalue weighted by molar-refractivity contribution is 5.78. The van der Waals surface area contributed by atoms with Gasteiger partial charge in [0.15, 0.2) is 0 Å². The van der Waals surface area contributed by atoms with E-state index in [0.717, 1.165) is 16.5 Å². The van der Waals surface area contributed by atoms with Gasteiger partial charge >= 0.3 is 0 Å². The molecule has 2 aromatic carbocycles. The van der Waals surface area contributed by atoms with E-state index in [0.29, 0.717) is 16.9 Å². The number of aliphatic hydroxyl groups excluding tert-OH is 1. The van der Waals surface area contributed by atoms with Crippen LogP contribution in [-0.2, 0) is 0 Å². The minimum absolute atomic E-state index is 0.277. The maximum atomic E-state index is 13.3. The van der Waals surface area contributed by atoms with Crippen LogP contribution in [0.1, 0.15) is 28.6 Å². The highest BCUT2D eigenvalue weighted by atomic mass is 19.1. The van der Waals surface area contributed by atoms with Crippen molar-refractivity contribution in [3.8, 4) is 0 Å². The van der Waals surface area contributed by atoms with Gasteiger partial charge in [0, 0.05) is 5.39 Å². The van der Waals surface area contributed by atoms with E-state index in [1.807, 2.05) is 31.2 Å². The Labute approximate surface area is 116 Å². The third kappa shape index (κ3) is 2.21. The molecular formula is C17H15FO2. The number of aryl methyl sites for hydroxylation is 2. The van der Waals surface area contributed by atoms with Gasteiger partial charge in [-0.15, -0.1) is 0 Å². The van der Waals surface area contributed by atoms with Crippen molar-refractivity contribution in [3.63, 3.8) is 0 Å². The highest BCUT2D eigenvalue weighted by Gasteiger charge is 2.16. The summed E-state index contributed by atoms with van der Waals surface area (Å²) in [7, 11) is 0. The van der Waals surface area contributed by atoms with Crippen molar-refractivity contribution in [2.45, 2.75) is 20.0 Å². The van der Waals surface area contributed by atoms with Crippen molar-refractivity contribution in [1.82, 2.24) is 0 Å². The number of aliphatic hydroxyl groups is 1. The van der Waals surface area contributed by atoms with Gasteiger partial charge in [0.25, 0.3) is 0 Å². The Morgan fingerprint density at radius 2 is 1.85 bits per heavy atom. The fourth-order valence-electron chi connectivity index (χ4n) is 2.32. The van der Waals surface area contributed by atoms with Crippen molar-refractivity contribution in [3.05, 3.63) is 70.7 Å². The van der Waals surface area contributed by atoms with Crippen LogP contribution in [0, 0.1) is 19.7 Å². The van der Waals surface area contributed by atoms with E-state index in [1.165, 1.54) is 6.07 Å². The molecule has 0 fully saturated rings. The van der Waals surface area contributed by atoms with Gasteiger partial charge in [-0.2, -0.15) is 0 Å². The molecule has 3 heteroatoms. The van der Waals surface area contributed by atoms with Crippen LogP contribution in [0.2, 0.25) is 0 Å². The molecule has 1 atom stereocenters. The smallest absolute Gasteiger partial charge is 0.138 e. The quantitative estimate of drug-likeness (QED) is 0.754. The second-order valence-corrected chi connectivity index (χ2v) is 5.10. The summed E-state index contributed by atoms with van der Waals surface area (Å²) in [5, 5.41) is 11.3. The monoisotopic (exact) mass is 270 g/mol. The first-order valence-corrected chi connectivity index (χ1v) is 6.49. The molecule has 102 valence electrons. The van der Waals surface area contributed by atoms with Crippen LogP contribution in [0.5, 0.6) is 0 Å². The topological polar surface area (TPSA) is 33.4 Å². The molecule has 2 nitrogen and oxygen atoms in total. The third-order valence-corrected chi connectivity index (χ3v) is 3.46. The lowest BCUT2D eigenvalue weighted by Crippen LogP contribution is -1.99. The summed E-state index contributed by atoms with van der Waals surface area (Å²) in [4.78, 5) is 0. The molecule has 0 saturated heterocycles. The summed E-state index contributed by atoms with van der Waals surface area (Å²) in [6.45, 7) is 3.68. The van der Waals surface area contributed by atoms with Crippen LogP contribution < -0.4 is 0 Å². The zero-order chi connectivity index (χ0) is 14.3. The molecule has 20 heavy (non-hydrogen) atoms. The van der Waals surface area contributed by atoms with Crippen LogP contribution >= 0.6 is 0 Å². The molecule has 0 radical (unpaired) electrons. The van der Waals surface area contributed by atoms with E-state index in [4.69, 9.17) is 4.42 Å². The molecule has 0 saturated carbocycles. The molecule has 1 aromatic heterocycles. The number of furan rings is 1. The summed E-state index contributed by atoms with van der Waals surface area (Å²) < 4.78 is 18.9. The molecule has 3 aromatic rings. The minimum atomic E-state index is -0.887. The Hall–Kier alpha value is -2.13. The molecule has 0 bridgehead atoms. The normalized spacial score (nSPS) is 12.8. The van der Waals surface area contributed by atoms with Crippen molar-refractivity contribution in [1.29, 1.82) is 0 Å². The van der Waals surface area contributed by atoms with Gasteiger partial charge in [-0.25, -0.2) is 4.39 Å². The van der Waals surface area contributed by atoms with E-state index in [2.05, 4.69) is 0 Å². The van der Waals surface area contributed by atoms with Gasteiger partial charge < -0.3 is 9.52 Å². The average Bonchev–Trinajstić information content (AvgIpc) is 2.84. The Morgan fingerprint density at radius 1 is 1.05 bits per heavy atom. The first-order valence-electron chi connectivity index (χ1n) is 6.49. The summed E-state index contributed by atoms with van der Waals surface area (Å²) in [5.41, 5.74) is 3.01. The summed E-state index contributed by atoms with van der Waals surface area (Å²) in [6, 6.07) is 12.3. The first-order chi connectivity index (χ1) is 9.54. The number of halogens is 1. The number of hydrogen-bond acceptors (Lipinski definition) is 2. The van der Waals surface area contributed by atoms with Crippen LogP contribution in [0.15, 0.2) is 46.9 Å². The summed E-state index contributed by atoms with van der Waals surface area (Å²) in [6.07, 6.45) is -0.887. The van der Waals surface area contributed by atoms with Crippen LogP contribution in [0.4, 0.5) is 4.39 Å². The van der Waals surface area contributed by atoms with Crippen LogP contribution in [-0.4, -0.2) is 5.11 Å². The fourth-order valence-corrected chi connectivity index (χ4v) is 2.32. The molecule has 0 amide bonds. The Kier molecular flexibility index (Phi) is 3.07. The van der Waals surface area contributed by atoms with Crippen molar-refractivity contribution in [2.75, 3.05) is 0 Å². The van der Waals surface area contributed by atoms with E-state index < -0.39 is 6.10 Å². The number of benzene rings is 2. The van der Waals surface area contributed by atoms with Gasteiger partial charge in [-0.1, -0.05) is 23.8 Å². The number of hydrogen-bond donors (Lipinski definition) is 1. The predicted molar refractivity (Wildman–Crippen MR) is 76.1 cm³/mol. The lowest BCUT2D eigenvalue weighted by atomic mass is 10.0. The largest absolute Gasteiger partial charge is 0.458 e. The molecule has 1 N–H and O–H groups in total. The molecule has 1 heterocycles. The number of fused-ring (bicyclic) bond motifs is 1. The zero-order valence-corrected chi connectivity index (χ0v) is 11.4. The molecule has 0 aliphatic heterocycles. The molecular weight excluding hydrogens is 255 g/mol. The van der Waals surface area contributed by atoms with E-state index in [9.17, 15) is 9.50 Å². The average molecular weight is 270 g/mol. The number of rotatable bonds is 2. The van der Waals surface area contributed by atoms with Gasteiger partial charge in [-0.3, -0.25) is 0 Å². The van der Waals surface area contributed by atoms with E-state index in [-0.39, 0.29) is 5.82 Å². The molecule has 0 aliphatic carbocycles. The maximum Gasteiger partial charge on any atom is 0.138 e. The van der Waals surface area contributed by atoms with Crippen LogP contribution in [0.25, 0.3) is 11.0 Å². The Balaban J connectivity index is 2.02. The van der Waals surface area contributed by atoms with Crippen molar-refractivity contribution >= 4 is 11.0 Å². The third-order valence-electron chi connectivity index (χ3n) is 3.46. The molecule has 1 unspecified atom stereocenters. The molecule has 0 aliphatic rings. The standard InChI is InChI=1S/C17H15FO2/c1-10-3-6-15-13(7-10)9-16(20-15)17(19)12-4-5-14(18)11(2)8-12/h3-9,17,19H,1-2H3. The first kappa shape index (κ1) is 12.9. The SMILES string of the molecule is Cc1ccc2oc(C(O)c3ccc(F)c(C)c3)cc2c1. The highest BCUT2D eigenvalue weighted by Crippen LogP contribution is 2.29. The Morgan fingerprint density at radius 3 is 2.60 bits per heavy atom. The second kappa shape index (κ2) is 4.76. The lowest BCUT2D eigenvalue weighted by molar-refractivity contribution is 0.192.